The maximum absolute atomic E-state index is 12.2. The lowest BCUT2D eigenvalue weighted by molar-refractivity contribution is -0.126. The first-order valence-electron chi connectivity index (χ1n) is 7.21. The fraction of sp³-hybridized carbons (Fsp3) is 0.333. The number of imide groups is 1. The van der Waals surface area contributed by atoms with Crippen LogP contribution in [0.1, 0.15) is 12.5 Å². The highest BCUT2D eigenvalue weighted by Gasteiger charge is 2.31. The number of hydrogen-bond acceptors (Lipinski definition) is 6. The molecule has 1 aliphatic rings. The molecule has 0 unspecified atom stereocenters. The molecule has 3 amide bonds. The molecule has 1 aliphatic heterocycles. The molecule has 2 heterocycles. The fourth-order valence-electron chi connectivity index (χ4n) is 2.28. The van der Waals surface area contributed by atoms with E-state index in [1.165, 1.54) is 4.90 Å². The van der Waals surface area contributed by atoms with Gasteiger partial charge in [0.1, 0.15) is 0 Å². The maximum Gasteiger partial charge on any atom is 0.324 e. The van der Waals surface area contributed by atoms with E-state index in [-0.39, 0.29) is 11.9 Å². The summed E-state index contributed by atoms with van der Waals surface area (Å²) in [6.45, 7) is 4.56. The molecule has 0 radical (unpaired) electrons. The Morgan fingerprint density at radius 1 is 1.39 bits per heavy atom. The van der Waals surface area contributed by atoms with Gasteiger partial charge in [-0.3, -0.25) is 9.69 Å². The van der Waals surface area contributed by atoms with Crippen LogP contribution >= 0.6 is 11.8 Å². The van der Waals surface area contributed by atoms with E-state index in [9.17, 15) is 9.59 Å². The zero-order chi connectivity index (χ0) is 16.4. The van der Waals surface area contributed by atoms with Gasteiger partial charge in [0, 0.05) is 18.7 Å². The highest BCUT2D eigenvalue weighted by molar-refractivity contribution is 8.00. The molecule has 0 spiro atoms. The summed E-state index contributed by atoms with van der Waals surface area (Å²) >= 11 is 1.15. The Bertz CT molecular complexity index is 746. The van der Waals surface area contributed by atoms with E-state index in [1.807, 2.05) is 31.2 Å². The van der Waals surface area contributed by atoms with Crippen molar-refractivity contribution in [2.24, 2.45) is 0 Å². The smallest absolute Gasteiger partial charge is 0.324 e. The van der Waals surface area contributed by atoms with Crippen molar-refractivity contribution in [2.75, 3.05) is 13.1 Å². The average molecular weight is 332 g/mol. The van der Waals surface area contributed by atoms with E-state index >= 15 is 0 Å². The molecular weight excluding hydrogens is 316 g/mol. The molecule has 8 heteroatoms. The van der Waals surface area contributed by atoms with E-state index in [0.29, 0.717) is 24.2 Å². The molecule has 3 rings (SSSR count). The third kappa shape index (κ3) is 3.21. The first kappa shape index (κ1) is 15.5. The summed E-state index contributed by atoms with van der Waals surface area (Å²) in [5.41, 5.74) is 1.90. The predicted octanol–water partition coefficient (Wildman–Crippen LogP) is 2.08. The monoisotopic (exact) mass is 332 g/mol. The van der Waals surface area contributed by atoms with Crippen molar-refractivity contribution in [3.63, 3.8) is 0 Å². The third-order valence-corrected chi connectivity index (χ3v) is 4.45. The van der Waals surface area contributed by atoms with Crippen molar-refractivity contribution < 1.29 is 14.0 Å². The minimum absolute atomic E-state index is 0.263. The number of urea groups is 1. The van der Waals surface area contributed by atoms with Gasteiger partial charge < -0.3 is 9.73 Å². The minimum Gasteiger partial charge on any atom is -0.411 e. The Balaban J connectivity index is 1.70. The normalized spacial score (nSPS) is 15.6. The van der Waals surface area contributed by atoms with Gasteiger partial charge in [-0.2, -0.15) is 0 Å². The van der Waals surface area contributed by atoms with Gasteiger partial charge in [0.15, 0.2) is 0 Å². The molecule has 0 aliphatic carbocycles. The number of aryl methyl sites for hydroxylation is 1. The van der Waals surface area contributed by atoms with E-state index in [4.69, 9.17) is 4.42 Å². The molecule has 1 aromatic carbocycles. The molecule has 23 heavy (non-hydrogen) atoms. The summed E-state index contributed by atoms with van der Waals surface area (Å²) in [6.07, 6.45) is 0. The Kier molecular flexibility index (Phi) is 4.33. The van der Waals surface area contributed by atoms with Crippen molar-refractivity contribution in [2.45, 2.75) is 24.3 Å². The second kappa shape index (κ2) is 6.41. The molecule has 2 aromatic rings. The number of aromatic nitrogens is 2. The summed E-state index contributed by atoms with van der Waals surface area (Å²) in [4.78, 5) is 25.0. The van der Waals surface area contributed by atoms with Gasteiger partial charge in [0.2, 0.25) is 11.8 Å². The lowest BCUT2D eigenvalue weighted by Crippen LogP contribution is -2.38. The van der Waals surface area contributed by atoms with Gasteiger partial charge in [-0.15, -0.1) is 10.2 Å². The number of hydrogen-bond donors (Lipinski definition) is 1. The van der Waals surface area contributed by atoms with Gasteiger partial charge in [-0.05, 0) is 25.5 Å². The van der Waals surface area contributed by atoms with Crippen molar-refractivity contribution in [3.05, 3.63) is 29.8 Å². The van der Waals surface area contributed by atoms with Crippen LogP contribution in [0.4, 0.5) is 4.79 Å². The molecule has 1 aromatic heterocycles. The number of nitrogens with zero attached hydrogens (tertiary/aromatic N) is 3. The van der Waals surface area contributed by atoms with Crippen LogP contribution in [0.5, 0.6) is 0 Å². The topological polar surface area (TPSA) is 88.3 Å². The maximum atomic E-state index is 12.2. The average Bonchev–Trinajstić information content (AvgIpc) is 3.16. The van der Waals surface area contributed by atoms with Gasteiger partial charge in [-0.25, -0.2) is 4.79 Å². The summed E-state index contributed by atoms with van der Waals surface area (Å²) in [6, 6.07) is 7.35. The van der Waals surface area contributed by atoms with Crippen LogP contribution in [-0.4, -0.2) is 45.4 Å². The van der Waals surface area contributed by atoms with Crippen molar-refractivity contribution in [1.82, 2.24) is 20.4 Å². The lowest BCUT2D eigenvalue weighted by Gasteiger charge is -2.15. The van der Waals surface area contributed by atoms with Gasteiger partial charge in [-0.1, -0.05) is 30.0 Å². The lowest BCUT2D eigenvalue weighted by atomic mass is 10.1. The zero-order valence-electron chi connectivity index (χ0n) is 12.8. The zero-order valence-corrected chi connectivity index (χ0v) is 13.6. The molecular formula is C15H16N4O3S. The van der Waals surface area contributed by atoms with Crippen LogP contribution in [0.2, 0.25) is 0 Å². The largest absolute Gasteiger partial charge is 0.411 e. The van der Waals surface area contributed by atoms with E-state index in [1.54, 1.807) is 6.92 Å². The summed E-state index contributed by atoms with van der Waals surface area (Å²) < 4.78 is 5.63. The molecule has 1 fully saturated rings. The molecule has 0 saturated carbocycles. The van der Waals surface area contributed by atoms with Crippen LogP contribution in [0.15, 0.2) is 33.9 Å². The van der Waals surface area contributed by atoms with E-state index < -0.39 is 5.25 Å². The summed E-state index contributed by atoms with van der Waals surface area (Å²) in [5, 5.41) is 10.4. The van der Waals surface area contributed by atoms with Crippen LogP contribution in [0.3, 0.4) is 0 Å². The highest BCUT2D eigenvalue weighted by atomic mass is 32.2. The Labute approximate surface area is 137 Å². The third-order valence-electron chi connectivity index (χ3n) is 3.53. The number of carbonyl (C=O) groups is 2. The van der Waals surface area contributed by atoms with Crippen LogP contribution < -0.4 is 5.32 Å². The molecule has 120 valence electrons. The quantitative estimate of drug-likeness (QED) is 0.862. The fourth-order valence-corrected chi connectivity index (χ4v) is 3.03. The second-order valence-corrected chi connectivity index (χ2v) is 6.46. The Morgan fingerprint density at radius 3 is 2.87 bits per heavy atom. The summed E-state index contributed by atoms with van der Waals surface area (Å²) in [7, 11) is 0. The number of nitrogens with one attached hydrogen (secondary N) is 1. The Morgan fingerprint density at radius 2 is 2.17 bits per heavy atom. The van der Waals surface area contributed by atoms with Gasteiger partial charge in [0.25, 0.3) is 5.22 Å². The SMILES string of the molecule is Cc1ccccc1-c1nnc(S[C@@H](C)C(=O)N2CCNC2=O)o1. The molecule has 1 atom stereocenters. The van der Waals surface area contributed by atoms with Crippen LogP contribution in [-0.2, 0) is 4.79 Å². The van der Waals surface area contributed by atoms with Gasteiger partial charge in [0.05, 0.1) is 5.25 Å². The number of benzene rings is 1. The van der Waals surface area contributed by atoms with Crippen LogP contribution in [0, 0.1) is 6.92 Å². The van der Waals surface area contributed by atoms with Crippen molar-refractivity contribution in [1.29, 1.82) is 0 Å². The molecule has 0 bridgehead atoms. The predicted molar refractivity (Wildman–Crippen MR) is 84.9 cm³/mol. The minimum atomic E-state index is -0.482. The van der Waals surface area contributed by atoms with Gasteiger partial charge >= 0.3 is 6.03 Å². The second-order valence-electron chi connectivity index (χ2n) is 5.17. The van der Waals surface area contributed by atoms with E-state index in [0.717, 1.165) is 22.9 Å². The van der Waals surface area contributed by atoms with E-state index in [2.05, 4.69) is 15.5 Å². The highest BCUT2D eigenvalue weighted by Crippen LogP contribution is 2.28. The first-order chi connectivity index (χ1) is 11.1. The number of thioether (sulfide) groups is 1. The molecule has 1 saturated heterocycles. The molecule has 7 nitrogen and oxygen atoms in total. The Hall–Kier alpha value is -2.35. The number of rotatable bonds is 4. The van der Waals surface area contributed by atoms with Crippen molar-refractivity contribution in [3.8, 4) is 11.5 Å². The first-order valence-corrected chi connectivity index (χ1v) is 8.09. The number of carbonyl (C=O) groups excluding carboxylic acids is 2. The summed E-state index contributed by atoms with van der Waals surface area (Å²) in [5.74, 6) is 0.157. The number of amides is 3. The standard InChI is InChI=1S/C15H16N4O3S/c1-9-5-3-4-6-11(9)12-17-18-15(22-12)23-10(2)13(20)19-8-7-16-14(19)21/h3-6,10H,7-8H2,1-2H3,(H,16,21)/t10-/m0/s1. The van der Waals surface area contributed by atoms with Crippen LogP contribution in [0.25, 0.3) is 11.5 Å². The van der Waals surface area contributed by atoms with Crippen molar-refractivity contribution >= 4 is 23.7 Å². The molecule has 1 N–H and O–H groups in total.